The average Bonchev–Trinajstić information content (AvgIpc) is 3.22. The molecule has 0 unspecified atom stereocenters. The van der Waals surface area contributed by atoms with Gasteiger partial charge in [-0.2, -0.15) is 0 Å². The number of nitrogens with zero attached hydrogens (tertiary/aromatic N) is 3. The minimum atomic E-state index is 0.237. The molecular formula is C23H33N3O2. The van der Waals surface area contributed by atoms with Crippen LogP contribution in [-0.4, -0.2) is 46.9 Å². The van der Waals surface area contributed by atoms with Crippen molar-refractivity contribution >= 4 is 11.4 Å². The number of rotatable bonds is 7. The van der Waals surface area contributed by atoms with Gasteiger partial charge >= 0.3 is 0 Å². The highest BCUT2D eigenvalue weighted by Gasteiger charge is 2.37. The average molecular weight is 384 g/mol. The summed E-state index contributed by atoms with van der Waals surface area (Å²) < 4.78 is 6.45. The van der Waals surface area contributed by atoms with Crippen molar-refractivity contribution in [3.63, 3.8) is 0 Å². The van der Waals surface area contributed by atoms with Crippen LogP contribution in [0.2, 0.25) is 0 Å². The van der Waals surface area contributed by atoms with E-state index in [4.69, 9.17) is 4.74 Å². The number of fused-ring (bicyclic) bond motifs is 2. The molecule has 28 heavy (non-hydrogen) atoms. The SMILES string of the molecule is CCCC(=O)C[C@H]1CCC2=C1c1c(ncnc1O[C@H]1CC[C@H](N(C)C)CC1)C2. The van der Waals surface area contributed by atoms with Crippen LogP contribution >= 0.6 is 0 Å². The van der Waals surface area contributed by atoms with Gasteiger partial charge in [-0.05, 0) is 70.5 Å². The molecule has 1 atom stereocenters. The van der Waals surface area contributed by atoms with Gasteiger partial charge in [0.15, 0.2) is 0 Å². The fraction of sp³-hybridized carbons (Fsp3) is 0.696. The molecule has 1 fully saturated rings. The van der Waals surface area contributed by atoms with Crippen molar-refractivity contribution in [2.45, 2.75) is 83.3 Å². The lowest BCUT2D eigenvalue weighted by atomic mass is 9.90. The van der Waals surface area contributed by atoms with Crippen molar-refractivity contribution in [3.8, 4) is 5.88 Å². The van der Waals surface area contributed by atoms with Crippen LogP contribution in [0.4, 0.5) is 0 Å². The number of Topliss-reactive ketones (excluding diaryl/α,β-unsaturated/α-hetero) is 1. The molecule has 0 N–H and O–H groups in total. The van der Waals surface area contributed by atoms with E-state index in [0.717, 1.165) is 55.7 Å². The van der Waals surface area contributed by atoms with Crippen LogP contribution in [0.25, 0.3) is 5.57 Å². The van der Waals surface area contributed by atoms with Crippen LogP contribution in [0.1, 0.15) is 76.0 Å². The van der Waals surface area contributed by atoms with Gasteiger partial charge in [0, 0.05) is 25.3 Å². The van der Waals surface area contributed by atoms with E-state index in [1.54, 1.807) is 6.33 Å². The number of hydrogen-bond donors (Lipinski definition) is 0. The van der Waals surface area contributed by atoms with Gasteiger partial charge in [0.25, 0.3) is 0 Å². The molecule has 3 aliphatic carbocycles. The van der Waals surface area contributed by atoms with Crippen molar-refractivity contribution < 1.29 is 9.53 Å². The largest absolute Gasteiger partial charge is 0.474 e. The lowest BCUT2D eigenvalue weighted by molar-refractivity contribution is -0.119. The molecule has 0 aromatic carbocycles. The molecule has 1 heterocycles. The molecule has 0 radical (unpaired) electrons. The lowest BCUT2D eigenvalue weighted by Crippen LogP contribution is -2.35. The zero-order valence-corrected chi connectivity index (χ0v) is 17.5. The third kappa shape index (κ3) is 3.86. The van der Waals surface area contributed by atoms with Crippen molar-refractivity contribution in [3.05, 3.63) is 23.2 Å². The normalized spacial score (nSPS) is 26.5. The van der Waals surface area contributed by atoms with Crippen molar-refractivity contribution in [1.29, 1.82) is 0 Å². The van der Waals surface area contributed by atoms with Crippen LogP contribution in [0.15, 0.2) is 11.9 Å². The van der Waals surface area contributed by atoms with E-state index in [-0.39, 0.29) is 6.10 Å². The fourth-order valence-electron chi connectivity index (χ4n) is 5.28. The number of ketones is 1. The summed E-state index contributed by atoms with van der Waals surface area (Å²) in [4.78, 5) is 23.7. The van der Waals surface area contributed by atoms with Gasteiger partial charge in [-0.15, -0.1) is 0 Å². The molecule has 0 spiro atoms. The van der Waals surface area contributed by atoms with E-state index in [2.05, 4.69) is 35.9 Å². The van der Waals surface area contributed by atoms with Gasteiger partial charge in [-0.3, -0.25) is 4.79 Å². The zero-order valence-electron chi connectivity index (χ0n) is 17.5. The van der Waals surface area contributed by atoms with Gasteiger partial charge in [-0.1, -0.05) is 12.5 Å². The molecule has 0 bridgehead atoms. The summed E-state index contributed by atoms with van der Waals surface area (Å²) in [6, 6.07) is 0.661. The van der Waals surface area contributed by atoms with E-state index in [9.17, 15) is 4.79 Å². The molecule has 3 aliphatic rings. The smallest absolute Gasteiger partial charge is 0.224 e. The van der Waals surface area contributed by atoms with Gasteiger partial charge in [0.1, 0.15) is 18.2 Å². The van der Waals surface area contributed by atoms with E-state index in [1.807, 2.05) is 0 Å². The van der Waals surface area contributed by atoms with Crippen LogP contribution in [0, 0.1) is 5.92 Å². The highest BCUT2D eigenvalue weighted by Crippen LogP contribution is 2.50. The van der Waals surface area contributed by atoms with Crippen molar-refractivity contribution in [2.24, 2.45) is 5.92 Å². The van der Waals surface area contributed by atoms with Crippen LogP contribution < -0.4 is 4.74 Å². The minimum absolute atomic E-state index is 0.237. The standard InChI is InChI=1S/C23H33N3O2/c1-4-5-18(27)12-15-6-7-16-13-20-22(21(15)16)23(25-14-24-20)28-19-10-8-17(9-11-19)26(2)3/h14-15,17,19H,4-13H2,1-3H3/t15-,17-,19-/m1/s1. The molecule has 1 saturated carbocycles. The van der Waals surface area contributed by atoms with Crippen LogP contribution in [0.3, 0.4) is 0 Å². The minimum Gasteiger partial charge on any atom is -0.474 e. The molecule has 152 valence electrons. The Morgan fingerprint density at radius 3 is 2.68 bits per heavy atom. The molecular weight excluding hydrogens is 350 g/mol. The summed E-state index contributed by atoms with van der Waals surface area (Å²) >= 11 is 0. The fourth-order valence-corrected chi connectivity index (χ4v) is 5.28. The second kappa shape index (κ2) is 8.32. The van der Waals surface area contributed by atoms with E-state index in [1.165, 1.54) is 24.0 Å². The third-order valence-electron chi connectivity index (χ3n) is 6.78. The first-order valence-electron chi connectivity index (χ1n) is 11.0. The van der Waals surface area contributed by atoms with E-state index >= 15 is 0 Å². The Kier molecular flexibility index (Phi) is 5.81. The molecule has 0 saturated heterocycles. The van der Waals surface area contributed by atoms with Gasteiger partial charge in [-0.25, -0.2) is 9.97 Å². The molecule has 1 aromatic heterocycles. The zero-order chi connectivity index (χ0) is 19.7. The van der Waals surface area contributed by atoms with Crippen molar-refractivity contribution in [1.82, 2.24) is 14.9 Å². The number of ether oxygens (including phenoxy) is 1. The number of hydrogen-bond acceptors (Lipinski definition) is 5. The number of aromatic nitrogens is 2. The Labute approximate surface area is 168 Å². The summed E-state index contributed by atoms with van der Waals surface area (Å²) in [5, 5.41) is 0. The van der Waals surface area contributed by atoms with Gasteiger partial charge < -0.3 is 9.64 Å². The summed E-state index contributed by atoms with van der Waals surface area (Å²) in [5.41, 5.74) is 5.03. The lowest BCUT2D eigenvalue weighted by Gasteiger charge is -2.32. The predicted molar refractivity (Wildman–Crippen MR) is 110 cm³/mol. The maximum atomic E-state index is 12.3. The maximum absolute atomic E-state index is 12.3. The molecule has 0 amide bonds. The number of carbonyl (C=O) groups excluding carboxylic acids is 1. The van der Waals surface area contributed by atoms with Gasteiger partial charge in [0.2, 0.25) is 5.88 Å². The Hall–Kier alpha value is -1.75. The van der Waals surface area contributed by atoms with Crippen LogP contribution in [0.5, 0.6) is 5.88 Å². The summed E-state index contributed by atoms with van der Waals surface area (Å²) in [6.07, 6.45) is 11.8. The molecule has 5 nitrogen and oxygen atoms in total. The first kappa shape index (κ1) is 19.6. The maximum Gasteiger partial charge on any atom is 0.224 e. The first-order valence-corrected chi connectivity index (χ1v) is 11.0. The predicted octanol–water partition coefficient (Wildman–Crippen LogP) is 4.21. The molecule has 4 rings (SSSR count). The summed E-state index contributed by atoms with van der Waals surface area (Å²) in [7, 11) is 4.33. The quantitative estimate of drug-likeness (QED) is 0.706. The Balaban J connectivity index is 1.51. The molecule has 5 heteroatoms. The first-order chi connectivity index (χ1) is 13.6. The van der Waals surface area contributed by atoms with E-state index < -0.39 is 0 Å². The Morgan fingerprint density at radius 1 is 1.18 bits per heavy atom. The second-order valence-corrected chi connectivity index (χ2v) is 8.93. The highest BCUT2D eigenvalue weighted by molar-refractivity contribution is 5.86. The topological polar surface area (TPSA) is 55.3 Å². The molecule has 1 aromatic rings. The molecule has 0 aliphatic heterocycles. The Bertz CT molecular complexity index is 763. The van der Waals surface area contributed by atoms with Crippen LogP contribution in [-0.2, 0) is 11.2 Å². The second-order valence-electron chi connectivity index (χ2n) is 8.93. The van der Waals surface area contributed by atoms with E-state index in [0.29, 0.717) is 30.6 Å². The van der Waals surface area contributed by atoms with Crippen molar-refractivity contribution in [2.75, 3.05) is 14.1 Å². The number of allylic oxidation sites excluding steroid dienone is 2. The summed E-state index contributed by atoms with van der Waals surface area (Å²) in [5.74, 6) is 1.47. The highest BCUT2D eigenvalue weighted by atomic mass is 16.5. The Morgan fingerprint density at radius 2 is 1.96 bits per heavy atom. The summed E-state index contributed by atoms with van der Waals surface area (Å²) in [6.45, 7) is 2.08. The van der Waals surface area contributed by atoms with Gasteiger partial charge in [0.05, 0.1) is 11.3 Å². The third-order valence-corrected chi connectivity index (χ3v) is 6.78. The monoisotopic (exact) mass is 383 g/mol. The number of carbonyl (C=O) groups is 1.